The molecular weight excluding hydrogens is 291 g/mol. The molecular formula is C16H34Cl2Si. The van der Waals surface area contributed by atoms with Crippen molar-refractivity contribution in [3.63, 3.8) is 0 Å². The van der Waals surface area contributed by atoms with Gasteiger partial charge in [0.05, 0.1) is 0 Å². The molecule has 0 amide bonds. The second-order valence-corrected chi connectivity index (χ2v) is 12.7. The van der Waals surface area contributed by atoms with Gasteiger partial charge in [-0.2, -0.15) is 0 Å². The predicted molar refractivity (Wildman–Crippen MR) is 94.7 cm³/mol. The first-order chi connectivity index (χ1) is 9.12. The fourth-order valence-corrected chi connectivity index (χ4v) is 5.62. The van der Waals surface area contributed by atoms with Crippen LogP contribution < -0.4 is 0 Å². The van der Waals surface area contributed by atoms with E-state index in [4.69, 9.17) is 23.2 Å². The first kappa shape index (κ1) is 19.8. The Labute approximate surface area is 132 Å². The van der Waals surface area contributed by atoms with Crippen molar-refractivity contribution in [2.24, 2.45) is 0 Å². The first-order valence-corrected chi connectivity index (χ1v) is 12.7. The van der Waals surface area contributed by atoms with Gasteiger partial charge in [-0.15, -0.1) is 23.2 Å². The summed E-state index contributed by atoms with van der Waals surface area (Å²) in [6.45, 7) is 5.15. The van der Waals surface area contributed by atoms with Crippen LogP contribution in [0.3, 0.4) is 0 Å². The Morgan fingerprint density at radius 1 is 0.526 bits per heavy atom. The number of alkyl halides is 2. The Morgan fingerprint density at radius 3 is 1.21 bits per heavy atom. The number of unbranched alkanes of at least 4 members (excludes halogenated alkanes) is 8. The maximum absolute atomic E-state index is 5.69. The average molecular weight is 325 g/mol. The minimum Gasteiger partial charge on any atom is -0.127 e. The quantitative estimate of drug-likeness (QED) is 0.182. The normalized spacial score (nSPS) is 12.0. The van der Waals surface area contributed by atoms with Gasteiger partial charge in [-0.1, -0.05) is 76.5 Å². The summed E-state index contributed by atoms with van der Waals surface area (Å²) in [6, 6.07) is 3.05. The molecule has 0 rings (SSSR count). The molecule has 0 saturated carbocycles. The van der Waals surface area contributed by atoms with E-state index < -0.39 is 8.07 Å². The summed E-state index contributed by atoms with van der Waals surface area (Å²) in [7, 11) is -0.892. The number of hydrogen-bond donors (Lipinski definition) is 0. The molecule has 19 heavy (non-hydrogen) atoms. The summed E-state index contributed by atoms with van der Waals surface area (Å²) in [5.74, 6) is 1.67. The minimum atomic E-state index is -0.892. The van der Waals surface area contributed by atoms with Crippen molar-refractivity contribution in [1.82, 2.24) is 0 Å². The molecule has 0 aliphatic heterocycles. The fraction of sp³-hybridized carbons (Fsp3) is 1.00. The highest BCUT2D eigenvalue weighted by molar-refractivity contribution is 6.77. The molecule has 0 aromatic rings. The Balaban J connectivity index is 3.36. The lowest BCUT2D eigenvalue weighted by molar-refractivity contribution is 0.644. The van der Waals surface area contributed by atoms with Gasteiger partial charge in [-0.3, -0.25) is 0 Å². The van der Waals surface area contributed by atoms with Gasteiger partial charge in [0.25, 0.3) is 0 Å². The number of hydrogen-bond acceptors (Lipinski definition) is 0. The minimum absolute atomic E-state index is 0.837. The van der Waals surface area contributed by atoms with Crippen LogP contribution >= 0.6 is 23.2 Å². The Kier molecular flexibility index (Phi) is 14.3. The Morgan fingerprint density at radius 2 is 0.842 bits per heavy atom. The van der Waals surface area contributed by atoms with E-state index >= 15 is 0 Å². The van der Waals surface area contributed by atoms with E-state index in [-0.39, 0.29) is 0 Å². The van der Waals surface area contributed by atoms with Gasteiger partial charge in [-0.25, -0.2) is 0 Å². The summed E-state index contributed by atoms with van der Waals surface area (Å²) >= 11 is 11.4. The van der Waals surface area contributed by atoms with E-state index in [2.05, 4.69) is 13.1 Å². The highest BCUT2D eigenvalue weighted by Gasteiger charge is 2.18. The van der Waals surface area contributed by atoms with Crippen molar-refractivity contribution >= 4 is 31.3 Å². The van der Waals surface area contributed by atoms with E-state index in [0.717, 1.165) is 11.8 Å². The van der Waals surface area contributed by atoms with E-state index in [9.17, 15) is 0 Å². The molecule has 116 valence electrons. The summed E-state index contributed by atoms with van der Waals surface area (Å²) in [4.78, 5) is 0. The monoisotopic (exact) mass is 324 g/mol. The van der Waals surface area contributed by atoms with Gasteiger partial charge >= 0.3 is 0 Å². The molecule has 0 nitrogen and oxygen atoms in total. The van der Waals surface area contributed by atoms with Crippen LogP contribution in [0.2, 0.25) is 25.2 Å². The Hall–Kier alpha value is 0.797. The average Bonchev–Trinajstić information content (AvgIpc) is 2.38. The van der Waals surface area contributed by atoms with Crippen molar-refractivity contribution in [3.05, 3.63) is 0 Å². The molecule has 0 spiro atoms. The lowest BCUT2D eigenvalue weighted by Gasteiger charge is -2.22. The van der Waals surface area contributed by atoms with E-state index in [0.29, 0.717) is 0 Å². The van der Waals surface area contributed by atoms with Crippen molar-refractivity contribution in [2.45, 2.75) is 89.4 Å². The van der Waals surface area contributed by atoms with Crippen LogP contribution in [-0.2, 0) is 0 Å². The molecule has 0 bridgehead atoms. The topological polar surface area (TPSA) is 0 Å². The SMILES string of the molecule is C[Si](C)(CCCCCCCCl)CCCCCCCCl. The predicted octanol–water partition coefficient (Wildman–Crippen LogP) is 7.07. The zero-order chi connectivity index (χ0) is 14.4. The maximum Gasteiger partial charge on any atom is 0.0473 e. The highest BCUT2D eigenvalue weighted by atomic mass is 35.5. The standard InChI is InChI=1S/C16H34Cl2Si/c1-19(2,15-11-7-3-5-9-13-17)16-12-8-4-6-10-14-18/h3-16H2,1-2H3. The van der Waals surface area contributed by atoms with Gasteiger partial charge in [0.1, 0.15) is 0 Å². The number of halogens is 2. The molecule has 3 heteroatoms. The smallest absolute Gasteiger partial charge is 0.0473 e. The van der Waals surface area contributed by atoms with Crippen molar-refractivity contribution < 1.29 is 0 Å². The Bertz CT molecular complexity index is 166. The summed E-state index contributed by atoms with van der Waals surface area (Å²) in [6.07, 6.45) is 13.6. The van der Waals surface area contributed by atoms with Gasteiger partial charge < -0.3 is 0 Å². The highest BCUT2D eigenvalue weighted by Crippen LogP contribution is 2.23. The summed E-state index contributed by atoms with van der Waals surface area (Å²) in [5.41, 5.74) is 0. The largest absolute Gasteiger partial charge is 0.127 e. The van der Waals surface area contributed by atoms with E-state index in [1.54, 1.807) is 0 Å². The zero-order valence-electron chi connectivity index (χ0n) is 13.2. The van der Waals surface area contributed by atoms with Gasteiger partial charge in [-0.05, 0) is 12.8 Å². The molecule has 0 N–H and O–H groups in total. The summed E-state index contributed by atoms with van der Waals surface area (Å²) in [5, 5.41) is 0. The third kappa shape index (κ3) is 15.0. The maximum atomic E-state index is 5.69. The van der Waals surface area contributed by atoms with Crippen LogP contribution in [0.25, 0.3) is 0 Å². The summed E-state index contributed by atoms with van der Waals surface area (Å²) < 4.78 is 0. The number of rotatable bonds is 14. The molecule has 0 aromatic heterocycles. The molecule has 0 fully saturated rings. The van der Waals surface area contributed by atoms with Crippen LogP contribution in [0.15, 0.2) is 0 Å². The van der Waals surface area contributed by atoms with Crippen LogP contribution in [0.4, 0.5) is 0 Å². The van der Waals surface area contributed by atoms with Crippen molar-refractivity contribution in [2.75, 3.05) is 11.8 Å². The van der Waals surface area contributed by atoms with Crippen LogP contribution in [0.1, 0.15) is 64.2 Å². The zero-order valence-corrected chi connectivity index (χ0v) is 15.7. The van der Waals surface area contributed by atoms with Gasteiger partial charge in [0.15, 0.2) is 0 Å². The van der Waals surface area contributed by atoms with Crippen LogP contribution in [0.5, 0.6) is 0 Å². The fourth-order valence-electron chi connectivity index (χ4n) is 2.58. The molecule has 0 heterocycles. The van der Waals surface area contributed by atoms with Crippen molar-refractivity contribution in [3.8, 4) is 0 Å². The molecule has 0 aliphatic carbocycles. The van der Waals surface area contributed by atoms with E-state index in [1.807, 2.05) is 0 Å². The molecule has 0 aromatic carbocycles. The molecule has 0 atom stereocenters. The lowest BCUT2D eigenvalue weighted by Crippen LogP contribution is -2.24. The molecule has 0 saturated heterocycles. The molecule has 0 unspecified atom stereocenters. The molecule has 0 aliphatic rings. The first-order valence-electron chi connectivity index (χ1n) is 8.24. The second kappa shape index (κ2) is 13.8. The third-order valence-electron chi connectivity index (χ3n) is 3.97. The lowest BCUT2D eigenvalue weighted by atomic mass is 10.2. The van der Waals surface area contributed by atoms with Crippen LogP contribution in [-0.4, -0.2) is 19.8 Å². The molecule has 0 radical (unpaired) electrons. The third-order valence-corrected chi connectivity index (χ3v) is 7.92. The van der Waals surface area contributed by atoms with Gasteiger partial charge in [0.2, 0.25) is 0 Å². The van der Waals surface area contributed by atoms with E-state index in [1.165, 1.54) is 76.3 Å². The van der Waals surface area contributed by atoms with Crippen LogP contribution in [0, 0.1) is 0 Å². The second-order valence-electron chi connectivity index (χ2n) is 6.58. The van der Waals surface area contributed by atoms with Gasteiger partial charge in [0, 0.05) is 19.8 Å². The van der Waals surface area contributed by atoms with Crippen molar-refractivity contribution in [1.29, 1.82) is 0 Å².